The fourth-order valence-corrected chi connectivity index (χ4v) is 3.64. The second-order valence-electron chi connectivity index (χ2n) is 8.35. The van der Waals surface area contributed by atoms with E-state index in [1.165, 1.54) is 7.11 Å². The van der Waals surface area contributed by atoms with Gasteiger partial charge in [-0.15, -0.1) is 0 Å². The van der Waals surface area contributed by atoms with E-state index in [9.17, 15) is 9.59 Å². The fraction of sp³-hybridized carbons (Fsp3) is 0.385. The molecular formula is C26H33N5O3. The highest BCUT2D eigenvalue weighted by Crippen LogP contribution is 2.25. The molecule has 2 aromatic carbocycles. The number of para-hydroxylation sites is 2. The monoisotopic (exact) mass is 463 g/mol. The molecule has 180 valence electrons. The van der Waals surface area contributed by atoms with Gasteiger partial charge in [-0.1, -0.05) is 57.5 Å². The number of carbonyl (C=O) groups is 2. The van der Waals surface area contributed by atoms with Crippen LogP contribution in [0.15, 0.2) is 48.5 Å². The molecule has 8 heteroatoms. The van der Waals surface area contributed by atoms with Crippen LogP contribution in [-0.2, 0) is 14.3 Å². The average molecular weight is 464 g/mol. The lowest BCUT2D eigenvalue weighted by atomic mass is 9.99. The summed E-state index contributed by atoms with van der Waals surface area (Å²) in [5.74, 6) is 0.324. The molecule has 1 aromatic heterocycles. The number of aryl methyl sites for hydroxylation is 1. The van der Waals surface area contributed by atoms with E-state index < -0.39 is 12.1 Å². The standard InChI is InChI=1S/C26H33N5O3/c1-6-16(3)22(25(33)34-5)30-23-18-13-9-11-15-21(18)29-26(31-23)28-19(7-2)24(32)27-20-14-10-8-12-17(20)4/h8-16,19,22H,6-7H2,1-5H3,(H,27,32)(H2,28,29,30,31)/t16-,19+,22+/m0/s1. The van der Waals surface area contributed by atoms with Gasteiger partial charge in [-0.25, -0.2) is 9.78 Å². The molecule has 3 rings (SSSR count). The lowest BCUT2D eigenvalue weighted by Gasteiger charge is -2.24. The van der Waals surface area contributed by atoms with Crippen molar-refractivity contribution in [1.29, 1.82) is 0 Å². The maximum absolute atomic E-state index is 13.0. The van der Waals surface area contributed by atoms with Crippen molar-refractivity contribution in [3.05, 3.63) is 54.1 Å². The van der Waals surface area contributed by atoms with Crippen molar-refractivity contribution >= 4 is 40.2 Å². The Hall–Kier alpha value is -3.68. The minimum Gasteiger partial charge on any atom is -0.467 e. The number of amides is 1. The molecule has 3 atom stereocenters. The molecule has 0 radical (unpaired) electrons. The maximum Gasteiger partial charge on any atom is 0.328 e. The highest BCUT2D eigenvalue weighted by atomic mass is 16.5. The third-order valence-electron chi connectivity index (χ3n) is 5.99. The van der Waals surface area contributed by atoms with Gasteiger partial charge in [0.25, 0.3) is 0 Å². The van der Waals surface area contributed by atoms with Crippen LogP contribution in [0.4, 0.5) is 17.5 Å². The zero-order valence-electron chi connectivity index (χ0n) is 20.4. The van der Waals surface area contributed by atoms with Gasteiger partial charge in [-0.3, -0.25) is 4.79 Å². The average Bonchev–Trinajstić information content (AvgIpc) is 2.86. The SMILES string of the molecule is CC[C@@H](Nc1nc(N[C@@H](C(=O)OC)[C@@H](C)CC)c2ccccc2n1)C(=O)Nc1ccccc1C. The predicted molar refractivity (Wildman–Crippen MR) is 136 cm³/mol. The predicted octanol–water partition coefficient (Wildman–Crippen LogP) is 4.77. The Kier molecular flexibility index (Phi) is 8.40. The van der Waals surface area contributed by atoms with Crippen LogP contribution in [-0.4, -0.2) is 41.0 Å². The third-order valence-corrected chi connectivity index (χ3v) is 5.99. The number of rotatable bonds is 10. The molecule has 34 heavy (non-hydrogen) atoms. The van der Waals surface area contributed by atoms with Crippen LogP contribution in [0, 0.1) is 12.8 Å². The number of fused-ring (bicyclic) bond motifs is 1. The van der Waals surface area contributed by atoms with Crippen molar-refractivity contribution < 1.29 is 14.3 Å². The van der Waals surface area contributed by atoms with Crippen LogP contribution >= 0.6 is 0 Å². The van der Waals surface area contributed by atoms with Crippen LogP contribution in [0.2, 0.25) is 0 Å². The van der Waals surface area contributed by atoms with Gasteiger partial charge in [-0.05, 0) is 43.0 Å². The number of nitrogens with zero attached hydrogens (tertiary/aromatic N) is 2. The van der Waals surface area contributed by atoms with Crippen molar-refractivity contribution in [2.45, 2.75) is 52.6 Å². The Bertz CT molecular complexity index is 1150. The van der Waals surface area contributed by atoms with E-state index in [0.717, 1.165) is 23.1 Å². The molecule has 0 unspecified atom stereocenters. The molecule has 0 fully saturated rings. The number of benzene rings is 2. The van der Waals surface area contributed by atoms with Gasteiger partial charge in [0.1, 0.15) is 17.9 Å². The van der Waals surface area contributed by atoms with E-state index in [4.69, 9.17) is 4.74 Å². The molecule has 1 heterocycles. The maximum atomic E-state index is 13.0. The van der Waals surface area contributed by atoms with Gasteiger partial charge in [0.2, 0.25) is 11.9 Å². The highest BCUT2D eigenvalue weighted by Gasteiger charge is 2.26. The first-order valence-electron chi connectivity index (χ1n) is 11.6. The van der Waals surface area contributed by atoms with E-state index in [2.05, 4.69) is 25.9 Å². The van der Waals surface area contributed by atoms with E-state index in [-0.39, 0.29) is 17.8 Å². The molecule has 0 saturated carbocycles. The summed E-state index contributed by atoms with van der Waals surface area (Å²) in [6.07, 6.45) is 1.33. The van der Waals surface area contributed by atoms with Crippen LogP contribution in [0.25, 0.3) is 10.9 Å². The van der Waals surface area contributed by atoms with Gasteiger partial charge in [0, 0.05) is 11.1 Å². The first-order valence-corrected chi connectivity index (χ1v) is 11.6. The van der Waals surface area contributed by atoms with E-state index in [0.29, 0.717) is 23.7 Å². The number of hydrogen-bond donors (Lipinski definition) is 3. The summed E-state index contributed by atoms with van der Waals surface area (Å²) in [5.41, 5.74) is 2.45. The smallest absolute Gasteiger partial charge is 0.328 e. The number of methoxy groups -OCH3 is 1. The summed E-state index contributed by atoms with van der Waals surface area (Å²) in [7, 11) is 1.38. The number of carbonyl (C=O) groups excluding carboxylic acids is 2. The van der Waals surface area contributed by atoms with Gasteiger partial charge in [0.15, 0.2) is 0 Å². The number of anilines is 3. The summed E-state index contributed by atoms with van der Waals surface area (Å²) in [4.78, 5) is 34.7. The van der Waals surface area contributed by atoms with Crippen molar-refractivity contribution in [1.82, 2.24) is 9.97 Å². The number of nitrogens with one attached hydrogen (secondary N) is 3. The lowest BCUT2D eigenvalue weighted by Crippen LogP contribution is -2.37. The molecule has 1 amide bonds. The normalized spacial score (nSPS) is 13.6. The Morgan fingerprint density at radius 3 is 2.35 bits per heavy atom. The second kappa shape index (κ2) is 11.4. The quantitative estimate of drug-likeness (QED) is 0.372. The minimum atomic E-state index is -0.563. The van der Waals surface area contributed by atoms with Gasteiger partial charge < -0.3 is 20.7 Å². The van der Waals surface area contributed by atoms with Crippen LogP contribution < -0.4 is 16.0 Å². The van der Waals surface area contributed by atoms with Crippen LogP contribution in [0.5, 0.6) is 0 Å². The minimum absolute atomic E-state index is 0.0286. The number of hydrogen-bond acceptors (Lipinski definition) is 7. The summed E-state index contributed by atoms with van der Waals surface area (Å²) >= 11 is 0. The van der Waals surface area contributed by atoms with E-state index in [1.54, 1.807) is 0 Å². The Morgan fingerprint density at radius 2 is 1.68 bits per heavy atom. The largest absolute Gasteiger partial charge is 0.467 e. The van der Waals surface area contributed by atoms with Crippen LogP contribution in [0.1, 0.15) is 39.2 Å². The van der Waals surface area contributed by atoms with E-state index in [1.807, 2.05) is 76.2 Å². The molecule has 3 N–H and O–H groups in total. The first kappa shape index (κ1) is 25.0. The van der Waals surface area contributed by atoms with E-state index >= 15 is 0 Å². The zero-order chi connectivity index (χ0) is 24.7. The number of esters is 1. The van der Waals surface area contributed by atoms with Gasteiger partial charge in [0.05, 0.1) is 12.6 Å². The van der Waals surface area contributed by atoms with Crippen LogP contribution in [0.3, 0.4) is 0 Å². The summed E-state index contributed by atoms with van der Waals surface area (Å²) in [5, 5.41) is 10.2. The summed E-state index contributed by atoms with van der Waals surface area (Å²) in [6.45, 7) is 7.88. The number of ether oxygens (including phenoxy) is 1. The molecule has 3 aromatic rings. The Morgan fingerprint density at radius 1 is 0.971 bits per heavy atom. The number of aromatic nitrogens is 2. The Balaban J connectivity index is 1.91. The first-order chi connectivity index (χ1) is 16.4. The Labute approximate surface area is 200 Å². The molecule has 0 saturated heterocycles. The summed E-state index contributed by atoms with van der Waals surface area (Å²) < 4.78 is 5.02. The van der Waals surface area contributed by atoms with Crippen molar-refractivity contribution in [2.75, 3.05) is 23.1 Å². The molecular weight excluding hydrogens is 430 g/mol. The second-order valence-corrected chi connectivity index (χ2v) is 8.35. The highest BCUT2D eigenvalue weighted by molar-refractivity contribution is 5.97. The molecule has 0 spiro atoms. The molecule has 0 aliphatic heterocycles. The van der Waals surface area contributed by atoms with Crippen molar-refractivity contribution in [3.8, 4) is 0 Å². The molecule has 0 aliphatic carbocycles. The zero-order valence-corrected chi connectivity index (χ0v) is 20.4. The summed E-state index contributed by atoms with van der Waals surface area (Å²) in [6, 6.07) is 14.1. The third kappa shape index (κ3) is 5.81. The molecule has 8 nitrogen and oxygen atoms in total. The van der Waals surface area contributed by atoms with Gasteiger partial charge >= 0.3 is 5.97 Å². The van der Waals surface area contributed by atoms with Crippen molar-refractivity contribution in [3.63, 3.8) is 0 Å². The fourth-order valence-electron chi connectivity index (χ4n) is 3.64. The molecule has 0 aliphatic rings. The topological polar surface area (TPSA) is 105 Å². The van der Waals surface area contributed by atoms with Crippen molar-refractivity contribution in [2.24, 2.45) is 5.92 Å². The molecule has 0 bridgehead atoms. The lowest BCUT2D eigenvalue weighted by molar-refractivity contribution is -0.142. The van der Waals surface area contributed by atoms with Gasteiger partial charge in [-0.2, -0.15) is 4.98 Å².